The number of hydrogen-bond donors (Lipinski definition) is 5. The SMILES string of the molecule is CC(C)(C)c1cc2c(cc1Cl)C=C(C(=O)OCON)C(C(F)(F)F)O2.OC1CNC1.[NH3+]O. The van der Waals surface area contributed by atoms with E-state index in [9.17, 15) is 18.0 Å². The highest BCUT2D eigenvalue weighted by molar-refractivity contribution is 6.31. The third kappa shape index (κ3) is 7.59. The van der Waals surface area contributed by atoms with Crippen LogP contribution < -0.4 is 21.8 Å². The van der Waals surface area contributed by atoms with Crippen molar-refractivity contribution in [1.82, 2.24) is 5.32 Å². The molecule has 13 heteroatoms. The van der Waals surface area contributed by atoms with Crippen molar-refractivity contribution in [2.24, 2.45) is 5.90 Å². The molecular formula is C19H28ClF3N3O6+. The van der Waals surface area contributed by atoms with Crippen molar-refractivity contribution in [2.75, 3.05) is 19.9 Å². The Bertz CT molecular complexity index is 811. The van der Waals surface area contributed by atoms with Gasteiger partial charge in [0.25, 0.3) is 0 Å². The molecule has 1 fully saturated rings. The molecule has 2 aliphatic rings. The zero-order valence-corrected chi connectivity index (χ0v) is 18.6. The zero-order valence-electron chi connectivity index (χ0n) is 17.8. The van der Waals surface area contributed by atoms with Crippen molar-refractivity contribution in [1.29, 1.82) is 0 Å². The number of nitrogens with one attached hydrogen (secondary N) is 1. The molecule has 1 saturated heterocycles. The minimum atomic E-state index is -4.81. The van der Waals surface area contributed by atoms with Gasteiger partial charge >= 0.3 is 12.1 Å². The molecule has 3 rings (SSSR count). The van der Waals surface area contributed by atoms with Gasteiger partial charge < -0.3 is 19.9 Å². The molecule has 2 aliphatic heterocycles. The average Bonchev–Trinajstić information content (AvgIpc) is 2.69. The molecule has 8 N–H and O–H groups in total. The highest BCUT2D eigenvalue weighted by atomic mass is 35.5. The second-order valence-electron chi connectivity index (χ2n) is 7.79. The summed E-state index contributed by atoms with van der Waals surface area (Å²) in [4.78, 5) is 15.9. The lowest BCUT2D eigenvalue weighted by Gasteiger charge is -2.30. The second kappa shape index (κ2) is 11.8. The van der Waals surface area contributed by atoms with Crippen LogP contribution in [0.1, 0.15) is 31.9 Å². The van der Waals surface area contributed by atoms with Crippen LogP contribution in [0.4, 0.5) is 13.2 Å². The molecule has 1 aromatic rings. The predicted molar refractivity (Wildman–Crippen MR) is 108 cm³/mol. The molecule has 32 heavy (non-hydrogen) atoms. The van der Waals surface area contributed by atoms with Crippen LogP contribution in [-0.2, 0) is 19.8 Å². The number of esters is 1. The molecule has 0 saturated carbocycles. The molecule has 9 nitrogen and oxygen atoms in total. The Hall–Kier alpha value is -1.93. The normalized spacial score (nSPS) is 17.8. The molecule has 182 valence electrons. The van der Waals surface area contributed by atoms with E-state index in [0.29, 0.717) is 10.6 Å². The number of carbonyl (C=O) groups excluding carboxylic acids is 1. The van der Waals surface area contributed by atoms with E-state index in [0.717, 1.165) is 19.2 Å². The van der Waals surface area contributed by atoms with Crippen molar-refractivity contribution >= 4 is 23.6 Å². The Kier molecular flexibility index (Phi) is 10.4. The van der Waals surface area contributed by atoms with Gasteiger partial charge in [0, 0.05) is 23.7 Å². The first-order chi connectivity index (χ1) is 14.8. The smallest absolute Gasteiger partial charge is 0.430 e. The third-order valence-electron chi connectivity index (χ3n) is 4.30. The molecule has 1 aromatic carbocycles. The number of aliphatic hydroxyl groups is 1. The van der Waals surface area contributed by atoms with Gasteiger partial charge in [-0.1, -0.05) is 32.4 Å². The van der Waals surface area contributed by atoms with E-state index in [4.69, 9.17) is 32.5 Å². The van der Waals surface area contributed by atoms with Gasteiger partial charge in [-0.2, -0.15) is 13.2 Å². The molecule has 2 heterocycles. The number of rotatable bonds is 3. The number of nitrogens with two attached hydrogens (primary N) is 1. The minimum absolute atomic E-state index is 0.0109. The van der Waals surface area contributed by atoms with Gasteiger partial charge in [0.1, 0.15) is 5.75 Å². The molecule has 1 atom stereocenters. The molecular weight excluding hydrogens is 459 g/mol. The number of carbonyl (C=O) groups is 1. The summed E-state index contributed by atoms with van der Waals surface area (Å²) in [6.07, 6.45) is -6.27. The highest BCUT2D eigenvalue weighted by Crippen LogP contribution is 2.42. The minimum Gasteiger partial charge on any atom is -0.475 e. The summed E-state index contributed by atoms with van der Waals surface area (Å²) in [6.45, 7) is 6.51. The third-order valence-corrected chi connectivity index (χ3v) is 4.61. The van der Waals surface area contributed by atoms with Gasteiger partial charge in [-0.25, -0.2) is 21.8 Å². The summed E-state index contributed by atoms with van der Waals surface area (Å²) in [5.41, 5.74) is -0.231. The number of β-amino-alcohol motifs (C(OH)–C–C–N with tert-alkyl or cyclic N) is 1. The first kappa shape index (κ1) is 28.1. The van der Waals surface area contributed by atoms with E-state index < -0.39 is 36.0 Å². The van der Waals surface area contributed by atoms with Crippen molar-refractivity contribution in [3.63, 3.8) is 0 Å². The summed E-state index contributed by atoms with van der Waals surface area (Å²) in [7, 11) is 0. The number of alkyl halides is 3. The number of fused-ring (bicyclic) bond motifs is 1. The maximum Gasteiger partial charge on any atom is 0.430 e. The van der Waals surface area contributed by atoms with Crippen LogP contribution in [0.3, 0.4) is 0 Å². The van der Waals surface area contributed by atoms with Crippen LogP contribution in [0.15, 0.2) is 17.7 Å². The van der Waals surface area contributed by atoms with E-state index in [1.807, 2.05) is 20.8 Å². The van der Waals surface area contributed by atoms with Crippen LogP contribution in [-0.4, -0.2) is 54.5 Å². The monoisotopic (exact) mass is 486 g/mol. The number of ether oxygens (including phenoxy) is 2. The summed E-state index contributed by atoms with van der Waals surface area (Å²) in [5, 5.41) is 18.4. The number of aliphatic hydroxyl groups excluding tert-OH is 1. The first-order valence-corrected chi connectivity index (χ1v) is 9.70. The Labute approximate surface area is 188 Å². The lowest BCUT2D eigenvalue weighted by atomic mass is 9.85. The largest absolute Gasteiger partial charge is 0.475 e. The molecule has 0 bridgehead atoms. The quantitative estimate of drug-likeness (QED) is 0.244. The number of hydrogen-bond acceptors (Lipinski definition) is 8. The summed E-state index contributed by atoms with van der Waals surface area (Å²) in [6, 6.07) is 2.91. The standard InChI is InChI=1S/C16H17ClF3NO4.C3H7NO.H4NO/c1-15(2,3)10-6-12-8(5-11(10)17)4-9(14(22)23-7-24-21)13(25-12)16(18,19)20;5-3-1-4-2-3;1-2/h4-6,13H,7,21H2,1-3H3;3-5H,1-2H2;2H,1H3/q;;+1. The van der Waals surface area contributed by atoms with Gasteiger partial charge in [-0.15, -0.1) is 0 Å². The second-order valence-corrected chi connectivity index (χ2v) is 8.19. The van der Waals surface area contributed by atoms with Crippen LogP contribution in [0, 0.1) is 0 Å². The van der Waals surface area contributed by atoms with Gasteiger partial charge in [0.2, 0.25) is 12.9 Å². The zero-order chi connectivity index (χ0) is 24.7. The molecule has 0 aromatic heterocycles. The fourth-order valence-electron chi connectivity index (χ4n) is 2.65. The van der Waals surface area contributed by atoms with E-state index in [1.54, 1.807) is 0 Å². The van der Waals surface area contributed by atoms with E-state index in [-0.39, 0.29) is 17.4 Å². The summed E-state index contributed by atoms with van der Waals surface area (Å²) < 4.78 is 49.6. The number of halogens is 4. The van der Waals surface area contributed by atoms with Crippen molar-refractivity contribution in [3.05, 3.63) is 33.9 Å². The Balaban J connectivity index is 0.000000629. The van der Waals surface area contributed by atoms with Gasteiger partial charge in [0.05, 0.1) is 11.7 Å². The number of quaternary nitrogens is 1. The fraction of sp³-hybridized carbons (Fsp3) is 0.526. The lowest BCUT2D eigenvalue weighted by molar-refractivity contribution is -0.670. The maximum absolute atomic E-state index is 13.3. The van der Waals surface area contributed by atoms with Crippen LogP contribution in [0.5, 0.6) is 5.75 Å². The van der Waals surface area contributed by atoms with Crippen LogP contribution in [0.25, 0.3) is 6.08 Å². The van der Waals surface area contributed by atoms with Crippen LogP contribution in [0.2, 0.25) is 5.02 Å². The van der Waals surface area contributed by atoms with Crippen LogP contribution >= 0.6 is 11.6 Å². The van der Waals surface area contributed by atoms with E-state index in [1.165, 1.54) is 12.1 Å². The first-order valence-electron chi connectivity index (χ1n) is 9.32. The van der Waals surface area contributed by atoms with Gasteiger partial charge in [-0.3, -0.25) is 4.84 Å². The van der Waals surface area contributed by atoms with Crippen molar-refractivity contribution < 1.29 is 48.5 Å². The van der Waals surface area contributed by atoms with E-state index >= 15 is 0 Å². The molecule has 0 radical (unpaired) electrons. The van der Waals surface area contributed by atoms with Gasteiger partial charge in [0.15, 0.2) is 0 Å². The van der Waals surface area contributed by atoms with Crippen molar-refractivity contribution in [2.45, 2.75) is 44.6 Å². The number of benzene rings is 1. The molecule has 0 amide bonds. The maximum atomic E-state index is 13.3. The lowest BCUT2D eigenvalue weighted by Crippen LogP contribution is -2.46. The highest BCUT2D eigenvalue weighted by Gasteiger charge is 2.49. The Morgan fingerprint density at radius 2 is 1.88 bits per heavy atom. The molecule has 0 spiro atoms. The topological polar surface area (TPSA) is 151 Å². The van der Waals surface area contributed by atoms with E-state index in [2.05, 4.69) is 20.8 Å². The summed E-state index contributed by atoms with van der Waals surface area (Å²) in [5.74, 6) is 5.71. The molecule has 0 aliphatic carbocycles. The summed E-state index contributed by atoms with van der Waals surface area (Å²) >= 11 is 6.22. The predicted octanol–water partition coefficient (Wildman–Crippen LogP) is 1.30. The van der Waals surface area contributed by atoms with Crippen molar-refractivity contribution in [3.8, 4) is 5.75 Å². The average molecular weight is 487 g/mol. The fourth-order valence-corrected chi connectivity index (χ4v) is 3.10. The van der Waals surface area contributed by atoms with Gasteiger partial charge in [-0.05, 0) is 29.2 Å². The Morgan fingerprint density at radius 3 is 2.28 bits per heavy atom. The molecule has 1 unspecified atom stereocenters. The Morgan fingerprint density at radius 1 is 1.31 bits per heavy atom.